The summed E-state index contributed by atoms with van der Waals surface area (Å²) in [4.78, 5) is 21.1. The predicted octanol–water partition coefficient (Wildman–Crippen LogP) is 4.45. The minimum absolute atomic E-state index is 0.118. The van der Waals surface area contributed by atoms with Gasteiger partial charge in [-0.3, -0.25) is 9.78 Å². The van der Waals surface area contributed by atoms with Crippen LogP contribution in [0.15, 0.2) is 48.0 Å². The first-order valence-electron chi connectivity index (χ1n) is 8.00. The number of amides is 1. The van der Waals surface area contributed by atoms with Crippen LogP contribution in [0.3, 0.4) is 0 Å². The molecule has 4 heteroatoms. The van der Waals surface area contributed by atoms with Crippen molar-refractivity contribution in [3.05, 3.63) is 64.0 Å². The van der Waals surface area contributed by atoms with E-state index >= 15 is 0 Å². The largest absolute Gasteiger partial charge is 0.331 e. The number of nitrogens with zero attached hydrogens (tertiary/aromatic N) is 2. The number of fused-ring (bicyclic) bond motifs is 2. The fourth-order valence-electron chi connectivity index (χ4n) is 3.52. The fraction of sp³-hybridized carbons (Fsp3) is 0.263. The third-order valence-corrected chi connectivity index (χ3v) is 5.62. The number of pyridine rings is 1. The van der Waals surface area contributed by atoms with Gasteiger partial charge in [0.05, 0.1) is 17.1 Å². The lowest BCUT2D eigenvalue weighted by atomic mass is 9.96. The molecule has 0 radical (unpaired) electrons. The topological polar surface area (TPSA) is 33.2 Å². The highest BCUT2D eigenvalue weighted by Crippen LogP contribution is 2.36. The summed E-state index contributed by atoms with van der Waals surface area (Å²) in [7, 11) is 0. The van der Waals surface area contributed by atoms with E-state index in [1.807, 2.05) is 46.6 Å². The summed E-state index contributed by atoms with van der Waals surface area (Å²) < 4.78 is 0. The number of hydrogen-bond donors (Lipinski definition) is 0. The molecule has 1 atom stereocenters. The zero-order valence-electron chi connectivity index (χ0n) is 13.0. The van der Waals surface area contributed by atoms with Crippen LogP contribution in [0.25, 0.3) is 10.9 Å². The normalized spacial score (nSPS) is 17.3. The highest BCUT2D eigenvalue weighted by molar-refractivity contribution is 7.10. The smallest absolute Gasteiger partial charge is 0.255 e. The van der Waals surface area contributed by atoms with Crippen molar-refractivity contribution in [3.63, 3.8) is 0 Å². The van der Waals surface area contributed by atoms with Crippen LogP contribution < -0.4 is 0 Å². The maximum absolute atomic E-state index is 13.2. The van der Waals surface area contributed by atoms with Gasteiger partial charge >= 0.3 is 0 Å². The summed E-state index contributed by atoms with van der Waals surface area (Å²) in [5.74, 6) is 0.118. The monoisotopic (exact) mass is 322 g/mol. The van der Waals surface area contributed by atoms with Crippen molar-refractivity contribution in [1.29, 1.82) is 0 Å². The van der Waals surface area contributed by atoms with Gasteiger partial charge < -0.3 is 4.90 Å². The molecule has 3 nitrogen and oxygen atoms in total. The Morgan fingerprint density at radius 3 is 3.04 bits per heavy atom. The van der Waals surface area contributed by atoms with Crippen molar-refractivity contribution in [2.75, 3.05) is 6.54 Å². The average Bonchev–Trinajstić information content (AvgIpc) is 3.08. The van der Waals surface area contributed by atoms with E-state index in [0.717, 1.165) is 35.9 Å². The number of carbonyl (C=O) groups excluding carboxylic acids is 1. The molecular weight excluding hydrogens is 304 g/mol. The molecule has 2 aromatic heterocycles. The van der Waals surface area contributed by atoms with Gasteiger partial charge in [-0.15, -0.1) is 11.3 Å². The molecule has 116 valence electrons. The number of para-hydroxylation sites is 1. The summed E-state index contributed by atoms with van der Waals surface area (Å²) in [6.45, 7) is 2.95. The lowest BCUT2D eigenvalue weighted by Crippen LogP contribution is -2.39. The van der Waals surface area contributed by atoms with E-state index < -0.39 is 0 Å². The lowest BCUT2D eigenvalue weighted by Gasteiger charge is -2.35. The molecule has 0 spiro atoms. The lowest BCUT2D eigenvalue weighted by molar-refractivity contribution is 0.0659. The Bertz CT molecular complexity index is 865. The quantitative estimate of drug-likeness (QED) is 0.698. The molecule has 4 rings (SSSR count). The standard InChI is InChI=1S/C19H18N2OS/c1-2-17-15-9-12-23-18(15)8-11-21(17)19(22)14-7-10-20-16-6-4-3-5-13(14)16/h3-7,9-10,12,17H,2,8,11H2,1H3. The summed E-state index contributed by atoms with van der Waals surface area (Å²) in [5.41, 5.74) is 2.96. The Labute approximate surface area is 139 Å². The molecule has 0 fully saturated rings. The third kappa shape index (κ3) is 2.34. The van der Waals surface area contributed by atoms with E-state index in [2.05, 4.69) is 23.4 Å². The molecule has 0 aliphatic carbocycles. The molecule has 0 N–H and O–H groups in total. The van der Waals surface area contributed by atoms with Crippen molar-refractivity contribution in [2.45, 2.75) is 25.8 Å². The summed E-state index contributed by atoms with van der Waals surface area (Å²) >= 11 is 1.81. The molecule has 3 aromatic rings. The number of aromatic nitrogens is 1. The molecule has 1 amide bonds. The second-order valence-corrected chi connectivity index (χ2v) is 6.85. The Morgan fingerprint density at radius 2 is 2.17 bits per heavy atom. The first-order valence-corrected chi connectivity index (χ1v) is 8.88. The summed E-state index contributed by atoms with van der Waals surface area (Å²) in [5, 5.41) is 3.08. The zero-order chi connectivity index (χ0) is 15.8. The van der Waals surface area contributed by atoms with Crippen molar-refractivity contribution in [1.82, 2.24) is 9.88 Å². The molecular formula is C19H18N2OS. The SMILES string of the molecule is CCC1c2ccsc2CCN1C(=O)c1ccnc2ccccc12. The van der Waals surface area contributed by atoms with Crippen LogP contribution in [0.1, 0.15) is 40.2 Å². The Morgan fingerprint density at radius 1 is 1.30 bits per heavy atom. The van der Waals surface area contributed by atoms with Gasteiger partial charge in [0.2, 0.25) is 0 Å². The maximum atomic E-state index is 13.2. The Kier molecular flexibility index (Phi) is 3.62. The van der Waals surface area contributed by atoms with Crippen molar-refractivity contribution in [2.24, 2.45) is 0 Å². The summed E-state index contributed by atoms with van der Waals surface area (Å²) in [6, 6.07) is 12.1. The van der Waals surface area contributed by atoms with Gasteiger partial charge in [-0.1, -0.05) is 25.1 Å². The van der Waals surface area contributed by atoms with E-state index in [1.54, 1.807) is 6.20 Å². The van der Waals surface area contributed by atoms with Crippen LogP contribution in [0.4, 0.5) is 0 Å². The number of carbonyl (C=O) groups is 1. The van der Waals surface area contributed by atoms with E-state index in [9.17, 15) is 4.79 Å². The molecule has 0 saturated heterocycles. The van der Waals surface area contributed by atoms with Crippen molar-refractivity contribution in [3.8, 4) is 0 Å². The van der Waals surface area contributed by atoms with Gasteiger partial charge in [-0.2, -0.15) is 0 Å². The second kappa shape index (κ2) is 5.78. The van der Waals surface area contributed by atoms with Gasteiger partial charge in [0.15, 0.2) is 0 Å². The number of benzene rings is 1. The molecule has 1 aliphatic rings. The molecule has 1 aliphatic heterocycles. The molecule has 23 heavy (non-hydrogen) atoms. The van der Waals surface area contributed by atoms with Crippen LogP contribution >= 0.6 is 11.3 Å². The molecule has 1 aromatic carbocycles. The van der Waals surface area contributed by atoms with Gasteiger partial charge in [0.25, 0.3) is 5.91 Å². The van der Waals surface area contributed by atoms with Crippen molar-refractivity contribution < 1.29 is 4.79 Å². The van der Waals surface area contributed by atoms with E-state index in [0.29, 0.717) is 0 Å². The third-order valence-electron chi connectivity index (χ3n) is 4.62. The minimum atomic E-state index is 0.118. The average molecular weight is 322 g/mol. The van der Waals surface area contributed by atoms with Gasteiger partial charge in [0.1, 0.15) is 0 Å². The summed E-state index contributed by atoms with van der Waals surface area (Å²) in [6.07, 6.45) is 3.63. The first-order chi connectivity index (χ1) is 11.3. The van der Waals surface area contributed by atoms with Gasteiger partial charge in [-0.05, 0) is 42.0 Å². The van der Waals surface area contributed by atoms with E-state index in [-0.39, 0.29) is 11.9 Å². The number of rotatable bonds is 2. The predicted molar refractivity (Wildman–Crippen MR) is 93.8 cm³/mol. The highest BCUT2D eigenvalue weighted by atomic mass is 32.1. The minimum Gasteiger partial charge on any atom is -0.331 e. The number of thiophene rings is 1. The second-order valence-electron chi connectivity index (χ2n) is 5.85. The Balaban J connectivity index is 1.77. The first kappa shape index (κ1) is 14.4. The molecule has 1 unspecified atom stereocenters. The van der Waals surface area contributed by atoms with Crippen molar-refractivity contribution >= 4 is 28.1 Å². The number of hydrogen-bond acceptors (Lipinski definition) is 3. The van der Waals surface area contributed by atoms with Gasteiger partial charge in [-0.25, -0.2) is 0 Å². The highest BCUT2D eigenvalue weighted by Gasteiger charge is 2.31. The zero-order valence-corrected chi connectivity index (χ0v) is 13.8. The van der Waals surface area contributed by atoms with E-state index in [1.165, 1.54) is 10.4 Å². The van der Waals surface area contributed by atoms with Crippen LogP contribution in [0.2, 0.25) is 0 Å². The molecule has 0 saturated carbocycles. The van der Waals surface area contributed by atoms with Crippen LogP contribution in [0.5, 0.6) is 0 Å². The van der Waals surface area contributed by atoms with E-state index in [4.69, 9.17) is 0 Å². The molecule has 3 heterocycles. The van der Waals surface area contributed by atoms with Crippen LogP contribution in [-0.4, -0.2) is 22.3 Å². The maximum Gasteiger partial charge on any atom is 0.255 e. The van der Waals surface area contributed by atoms with Crippen LogP contribution in [-0.2, 0) is 6.42 Å². The fourth-order valence-corrected chi connectivity index (χ4v) is 4.45. The molecule has 0 bridgehead atoms. The Hall–Kier alpha value is -2.20. The van der Waals surface area contributed by atoms with Crippen LogP contribution in [0, 0.1) is 0 Å². The van der Waals surface area contributed by atoms with Gasteiger partial charge in [0, 0.05) is 23.0 Å².